The molecule has 0 atom stereocenters. The van der Waals surface area contributed by atoms with Gasteiger partial charge in [-0.15, -0.1) is 0 Å². The second-order valence-corrected chi connectivity index (χ2v) is 7.25. The molecule has 0 radical (unpaired) electrons. The fourth-order valence-corrected chi connectivity index (χ4v) is 3.50. The Morgan fingerprint density at radius 2 is 1.29 bits per heavy atom. The van der Waals surface area contributed by atoms with Gasteiger partial charge in [-0.05, 0) is 23.8 Å². The molecule has 0 spiro atoms. The first-order valence-electron chi connectivity index (χ1n) is 10.0. The molecule has 9 nitrogen and oxygen atoms in total. The van der Waals surface area contributed by atoms with Gasteiger partial charge in [0.05, 0.1) is 16.8 Å². The van der Waals surface area contributed by atoms with Crippen molar-refractivity contribution in [2.24, 2.45) is 0 Å². The Morgan fingerprint density at radius 3 is 1.82 bits per heavy atom. The standard InChI is InChI=1S/C25H17N3O6/c29-22(26-18-12-16(24(31)32)11-17(13-18)25(33)34)20-19(14-7-3-1-4-8-14)21(27-28-23(20)30)15-9-5-2-6-10-15/h1-13H,(H,26,29)(H,28,30)(H,31,32)(H,33,34). The van der Waals surface area contributed by atoms with Crippen molar-refractivity contribution < 1.29 is 24.6 Å². The van der Waals surface area contributed by atoms with Crippen molar-refractivity contribution >= 4 is 23.5 Å². The number of H-pyrrole nitrogens is 1. The third-order valence-corrected chi connectivity index (χ3v) is 5.00. The summed E-state index contributed by atoms with van der Waals surface area (Å²) in [6.07, 6.45) is 0. The molecular formula is C25H17N3O6. The summed E-state index contributed by atoms with van der Waals surface area (Å²) >= 11 is 0. The zero-order valence-corrected chi connectivity index (χ0v) is 17.5. The number of carboxylic acid groups (broad SMARTS) is 2. The van der Waals surface area contributed by atoms with Gasteiger partial charge in [-0.1, -0.05) is 60.7 Å². The fraction of sp³-hybridized carbons (Fsp3) is 0. The zero-order valence-electron chi connectivity index (χ0n) is 17.5. The smallest absolute Gasteiger partial charge is 0.335 e. The highest BCUT2D eigenvalue weighted by molar-refractivity contribution is 6.11. The second kappa shape index (κ2) is 9.21. The largest absolute Gasteiger partial charge is 0.478 e. The van der Waals surface area contributed by atoms with Crippen molar-refractivity contribution in [3.05, 3.63) is 106 Å². The number of carbonyl (C=O) groups is 3. The Kier molecular flexibility index (Phi) is 6.00. The van der Waals surface area contributed by atoms with E-state index in [-0.39, 0.29) is 27.9 Å². The van der Waals surface area contributed by atoms with Crippen molar-refractivity contribution in [1.82, 2.24) is 10.2 Å². The van der Waals surface area contributed by atoms with E-state index in [1.54, 1.807) is 54.6 Å². The molecule has 34 heavy (non-hydrogen) atoms. The number of carbonyl (C=O) groups excluding carboxylic acids is 1. The van der Waals surface area contributed by atoms with E-state index in [0.29, 0.717) is 16.8 Å². The lowest BCUT2D eigenvalue weighted by Crippen LogP contribution is -2.26. The van der Waals surface area contributed by atoms with Gasteiger partial charge in [0.2, 0.25) is 0 Å². The third-order valence-electron chi connectivity index (χ3n) is 5.00. The summed E-state index contributed by atoms with van der Waals surface area (Å²) in [5.41, 5.74) is 0.116. The molecule has 4 rings (SSSR count). The van der Waals surface area contributed by atoms with Crippen LogP contribution in [0.4, 0.5) is 5.69 Å². The summed E-state index contributed by atoms with van der Waals surface area (Å²) in [6.45, 7) is 0. The van der Waals surface area contributed by atoms with Crippen molar-refractivity contribution in [3.8, 4) is 22.4 Å². The molecule has 0 aliphatic heterocycles. The first kappa shape index (κ1) is 22.2. The van der Waals surface area contributed by atoms with Gasteiger partial charge < -0.3 is 15.5 Å². The van der Waals surface area contributed by atoms with Crippen LogP contribution in [0.25, 0.3) is 22.4 Å². The third kappa shape index (κ3) is 4.44. The Labute approximate surface area is 192 Å². The average Bonchev–Trinajstić information content (AvgIpc) is 2.84. The van der Waals surface area contributed by atoms with Crippen LogP contribution in [0.3, 0.4) is 0 Å². The summed E-state index contributed by atoms with van der Waals surface area (Å²) < 4.78 is 0. The maximum absolute atomic E-state index is 13.3. The van der Waals surface area contributed by atoms with E-state index in [4.69, 9.17) is 0 Å². The van der Waals surface area contributed by atoms with Crippen molar-refractivity contribution in [2.45, 2.75) is 0 Å². The molecule has 168 valence electrons. The van der Waals surface area contributed by atoms with Gasteiger partial charge in [-0.3, -0.25) is 9.59 Å². The Morgan fingerprint density at radius 1 is 0.765 bits per heavy atom. The number of nitrogens with one attached hydrogen (secondary N) is 2. The van der Waals surface area contributed by atoms with Crippen LogP contribution in [0.2, 0.25) is 0 Å². The molecule has 1 heterocycles. The van der Waals surface area contributed by atoms with Crippen LogP contribution in [0.5, 0.6) is 0 Å². The molecule has 1 aromatic heterocycles. The van der Waals surface area contributed by atoms with Crippen LogP contribution in [0, 0.1) is 0 Å². The number of nitrogens with zero attached hydrogens (tertiary/aromatic N) is 1. The molecule has 1 amide bonds. The van der Waals surface area contributed by atoms with Gasteiger partial charge in [0.1, 0.15) is 5.56 Å². The molecular weight excluding hydrogens is 438 g/mol. The highest BCUT2D eigenvalue weighted by atomic mass is 16.4. The molecule has 0 saturated carbocycles. The number of benzene rings is 3. The van der Waals surface area contributed by atoms with E-state index < -0.39 is 23.4 Å². The average molecular weight is 455 g/mol. The lowest BCUT2D eigenvalue weighted by Gasteiger charge is -2.14. The van der Waals surface area contributed by atoms with Crippen molar-refractivity contribution in [1.29, 1.82) is 0 Å². The molecule has 0 unspecified atom stereocenters. The number of carboxylic acids is 2. The SMILES string of the molecule is O=C(O)c1cc(NC(=O)c2c(-c3ccccc3)c(-c3ccccc3)n[nH]c2=O)cc(C(=O)O)c1. The van der Waals surface area contributed by atoms with Gasteiger partial charge in [-0.25, -0.2) is 14.7 Å². The molecule has 4 aromatic rings. The zero-order chi connectivity index (χ0) is 24.2. The maximum atomic E-state index is 13.3. The molecule has 4 N–H and O–H groups in total. The topological polar surface area (TPSA) is 149 Å². The van der Waals surface area contributed by atoms with Crippen LogP contribution < -0.4 is 10.9 Å². The van der Waals surface area contributed by atoms with Crippen molar-refractivity contribution in [2.75, 3.05) is 5.32 Å². The highest BCUT2D eigenvalue weighted by Gasteiger charge is 2.24. The monoisotopic (exact) mass is 455 g/mol. The first-order valence-corrected chi connectivity index (χ1v) is 10.0. The minimum absolute atomic E-state index is 0.0845. The van der Waals surface area contributed by atoms with Gasteiger partial charge in [-0.2, -0.15) is 5.10 Å². The minimum Gasteiger partial charge on any atom is -0.478 e. The molecule has 0 aliphatic carbocycles. The van der Waals surface area contributed by atoms with E-state index in [1.165, 1.54) is 0 Å². The molecule has 0 bridgehead atoms. The summed E-state index contributed by atoms with van der Waals surface area (Å²) in [5.74, 6) is -3.58. The molecule has 9 heteroatoms. The van der Waals surface area contributed by atoms with Gasteiger partial charge in [0.15, 0.2) is 0 Å². The van der Waals surface area contributed by atoms with Crippen molar-refractivity contribution in [3.63, 3.8) is 0 Å². The maximum Gasteiger partial charge on any atom is 0.335 e. The normalized spacial score (nSPS) is 10.5. The molecule has 0 fully saturated rings. The number of aromatic nitrogens is 2. The van der Waals surface area contributed by atoms with Crippen LogP contribution in [0.1, 0.15) is 31.1 Å². The molecule has 0 saturated heterocycles. The van der Waals surface area contributed by atoms with E-state index in [9.17, 15) is 29.4 Å². The summed E-state index contributed by atoms with van der Waals surface area (Å²) in [6, 6.07) is 20.9. The Balaban J connectivity index is 1.88. The highest BCUT2D eigenvalue weighted by Crippen LogP contribution is 2.32. The quantitative estimate of drug-likeness (QED) is 0.346. The van der Waals surface area contributed by atoms with E-state index in [1.807, 2.05) is 6.07 Å². The van der Waals surface area contributed by atoms with Crippen LogP contribution in [-0.4, -0.2) is 38.3 Å². The van der Waals surface area contributed by atoms with E-state index >= 15 is 0 Å². The number of aromatic amines is 1. The minimum atomic E-state index is -1.36. The number of hydrogen-bond acceptors (Lipinski definition) is 5. The lowest BCUT2D eigenvalue weighted by atomic mass is 9.95. The van der Waals surface area contributed by atoms with Gasteiger partial charge in [0, 0.05) is 16.8 Å². The number of amides is 1. The number of anilines is 1. The second-order valence-electron chi connectivity index (χ2n) is 7.25. The predicted molar refractivity (Wildman–Crippen MR) is 124 cm³/mol. The van der Waals surface area contributed by atoms with Crippen LogP contribution in [-0.2, 0) is 0 Å². The summed E-state index contributed by atoms with van der Waals surface area (Å²) in [5, 5.41) is 27.6. The summed E-state index contributed by atoms with van der Waals surface area (Å²) in [7, 11) is 0. The van der Waals surface area contributed by atoms with Crippen LogP contribution in [0.15, 0.2) is 83.7 Å². The number of aromatic carboxylic acids is 2. The Hall–Kier alpha value is -5.05. The summed E-state index contributed by atoms with van der Waals surface area (Å²) in [4.78, 5) is 49.0. The predicted octanol–water partition coefficient (Wildman–Crippen LogP) is 3.75. The lowest BCUT2D eigenvalue weighted by molar-refractivity contribution is 0.0696. The first-order chi connectivity index (χ1) is 16.3. The van der Waals surface area contributed by atoms with Gasteiger partial charge >= 0.3 is 11.9 Å². The van der Waals surface area contributed by atoms with E-state index in [2.05, 4.69) is 15.5 Å². The number of rotatable bonds is 6. The molecule has 0 aliphatic rings. The van der Waals surface area contributed by atoms with Gasteiger partial charge in [0.25, 0.3) is 11.5 Å². The molecule has 3 aromatic carbocycles. The van der Waals surface area contributed by atoms with Crippen LogP contribution >= 0.6 is 0 Å². The fourth-order valence-electron chi connectivity index (χ4n) is 3.50. The van der Waals surface area contributed by atoms with E-state index in [0.717, 1.165) is 18.2 Å². The Bertz CT molecular complexity index is 1430. The number of hydrogen-bond donors (Lipinski definition) is 4.